The molecule has 0 aliphatic heterocycles. The molecule has 0 bridgehead atoms. The lowest BCUT2D eigenvalue weighted by Crippen LogP contribution is -2.43. The van der Waals surface area contributed by atoms with Crippen molar-refractivity contribution in [2.45, 2.75) is 19.0 Å². The summed E-state index contributed by atoms with van der Waals surface area (Å²) in [6.07, 6.45) is 3.07. The lowest BCUT2D eigenvalue weighted by Gasteiger charge is -2.13. The Morgan fingerprint density at radius 2 is 2.25 bits per heavy atom. The predicted molar refractivity (Wildman–Crippen MR) is 55.4 cm³/mol. The van der Waals surface area contributed by atoms with Crippen molar-refractivity contribution >= 4 is 11.9 Å². The van der Waals surface area contributed by atoms with E-state index >= 15 is 0 Å². The van der Waals surface area contributed by atoms with Crippen LogP contribution in [0.2, 0.25) is 0 Å². The smallest absolute Gasteiger partial charge is 0.325 e. The van der Waals surface area contributed by atoms with E-state index in [2.05, 4.69) is 10.4 Å². The van der Waals surface area contributed by atoms with Crippen molar-refractivity contribution in [3.8, 4) is 0 Å². The molecule has 16 heavy (non-hydrogen) atoms. The molecule has 88 valence electrons. The minimum absolute atomic E-state index is 0.539. The molecule has 4 N–H and O–H groups in total. The van der Waals surface area contributed by atoms with Crippen LogP contribution in [0.3, 0.4) is 0 Å². The lowest BCUT2D eigenvalue weighted by atomic mass is 10.1. The minimum Gasteiger partial charge on any atom is -0.480 e. The normalized spacial score (nSPS) is 14.2. The van der Waals surface area contributed by atoms with Crippen molar-refractivity contribution in [3.05, 3.63) is 18.0 Å². The molecule has 2 atom stereocenters. The van der Waals surface area contributed by atoms with E-state index < -0.39 is 24.0 Å². The first-order chi connectivity index (χ1) is 7.41. The molecule has 1 aromatic rings. The quantitative estimate of drug-likeness (QED) is 0.610. The number of nitrogens with zero attached hydrogens (tertiary/aromatic N) is 2. The van der Waals surface area contributed by atoms with Crippen LogP contribution < -0.4 is 11.1 Å². The number of aliphatic carboxylic acids is 1. The average molecular weight is 226 g/mol. The maximum Gasteiger partial charge on any atom is 0.325 e. The summed E-state index contributed by atoms with van der Waals surface area (Å²) < 4.78 is 1.52. The van der Waals surface area contributed by atoms with E-state index in [1.807, 2.05) is 0 Å². The Bertz CT molecular complexity index is 401. The average Bonchev–Trinajstić information content (AvgIpc) is 2.63. The zero-order valence-electron chi connectivity index (χ0n) is 9.04. The van der Waals surface area contributed by atoms with Gasteiger partial charge in [0.1, 0.15) is 12.1 Å². The SMILES string of the molecule is C[C@@H](NC(=O)C(N)c1cnn(C)c1)C(=O)O. The Balaban J connectivity index is 2.64. The summed E-state index contributed by atoms with van der Waals surface area (Å²) in [7, 11) is 1.70. The first-order valence-corrected chi connectivity index (χ1v) is 4.69. The van der Waals surface area contributed by atoms with Crippen LogP contribution in [0.15, 0.2) is 12.4 Å². The van der Waals surface area contributed by atoms with Gasteiger partial charge in [-0.25, -0.2) is 0 Å². The van der Waals surface area contributed by atoms with E-state index in [0.29, 0.717) is 5.56 Å². The van der Waals surface area contributed by atoms with E-state index in [1.54, 1.807) is 13.2 Å². The molecule has 0 radical (unpaired) electrons. The van der Waals surface area contributed by atoms with Gasteiger partial charge in [-0.05, 0) is 6.92 Å². The molecule has 1 rings (SSSR count). The van der Waals surface area contributed by atoms with Gasteiger partial charge in [-0.1, -0.05) is 0 Å². The van der Waals surface area contributed by atoms with Gasteiger partial charge in [-0.3, -0.25) is 14.3 Å². The van der Waals surface area contributed by atoms with E-state index in [1.165, 1.54) is 17.8 Å². The van der Waals surface area contributed by atoms with Crippen LogP contribution in [0.4, 0.5) is 0 Å². The number of rotatable bonds is 4. The van der Waals surface area contributed by atoms with Crippen LogP contribution >= 0.6 is 0 Å². The van der Waals surface area contributed by atoms with Crippen molar-refractivity contribution in [1.82, 2.24) is 15.1 Å². The molecule has 1 unspecified atom stereocenters. The zero-order chi connectivity index (χ0) is 12.3. The third kappa shape index (κ3) is 2.80. The third-order valence-electron chi connectivity index (χ3n) is 2.10. The molecule has 0 aliphatic carbocycles. The molecular weight excluding hydrogens is 212 g/mol. The Labute approximate surface area is 92.2 Å². The molecule has 0 saturated heterocycles. The summed E-state index contributed by atoms with van der Waals surface area (Å²) in [6.45, 7) is 1.37. The van der Waals surface area contributed by atoms with Crippen LogP contribution in [-0.4, -0.2) is 32.8 Å². The predicted octanol–water partition coefficient (Wildman–Crippen LogP) is -0.991. The van der Waals surface area contributed by atoms with Gasteiger partial charge in [0.2, 0.25) is 5.91 Å². The van der Waals surface area contributed by atoms with Crippen LogP contribution in [0.1, 0.15) is 18.5 Å². The molecule has 1 heterocycles. The first kappa shape index (κ1) is 12.2. The largest absolute Gasteiger partial charge is 0.480 e. The molecule has 0 fully saturated rings. The fourth-order valence-corrected chi connectivity index (χ4v) is 1.12. The second kappa shape index (κ2) is 4.75. The molecule has 0 aliphatic rings. The molecule has 0 saturated carbocycles. The van der Waals surface area contributed by atoms with Crippen LogP contribution in [0.25, 0.3) is 0 Å². The number of aryl methyl sites for hydroxylation is 1. The molecular formula is C9H14N4O3. The second-order valence-electron chi connectivity index (χ2n) is 3.49. The Morgan fingerprint density at radius 1 is 1.62 bits per heavy atom. The van der Waals surface area contributed by atoms with Crippen molar-refractivity contribution in [3.63, 3.8) is 0 Å². The Morgan fingerprint density at radius 3 is 2.69 bits per heavy atom. The maximum atomic E-state index is 11.5. The number of nitrogens with two attached hydrogens (primary N) is 1. The number of carbonyl (C=O) groups is 2. The van der Waals surface area contributed by atoms with Crippen LogP contribution in [-0.2, 0) is 16.6 Å². The summed E-state index contributed by atoms with van der Waals surface area (Å²) in [5.74, 6) is -1.64. The summed E-state index contributed by atoms with van der Waals surface area (Å²) in [5, 5.41) is 14.8. The van der Waals surface area contributed by atoms with E-state index in [0.717, 1.165) is 0 Å². The van der Waals surface area contributed by atoms with Crippen molar-refractivity contribution in [2.75, 3.05) is 0 Å². The molecule has 7 nitrogen and oxygen atoms in total. The van der Waals surface area contributed by atoms with E-state index in [4.69, 9.17) is 10.8 Å². The highest BCUT2D eigenvalue weighted by molar-refractivity contribution is 5.87. The summed E-state index contributed by atoms with van der Waals surface area (Å²) in [5.41, 5.74) is 6.18. The molecule has 0 spiro atoms. The standard InChI is InChI=1S/C9H14N4O3/c1-5(9(15)16)12-8(14)7(10)6-3-11-13(2)4-6/h3-5,7H,10H2,1-2H3,(H,12,14)(H,15,16)/t5-,7?/m1/s1. The number of aromatic nitrogens is 2. The molecule has 7 heteroatoms. The highest BCUT2D eigenvalue weighted by Gasteiger charge is 2.21. The number of carbonyl (C=O) groups excluding carboxylic acids is 1. The van der Waals surface area contributed by atoms with Gasteiger partial charge >= 0.3 is 5.97 Å². The molecule has 1 amide bonds. The number of carboxylic acids is 1. The molecule has 1 aromatic heterocycles. The first-order valence-electron chi connectivity index (χ1n) is 4.69. The number of nitrogens with one attached hydrogen (secondary N) is 1. The summed E-state index contributed by atoms with van der Waals surface area (Å²) >= 11 is 0. The second-order valence-corrected chi connectivity index (χ2v) is 3.49. The summed E-state index contributed by atoms with van der Waals surface area (Å²) in [6, 6.07) is -1.87. The highest BCUT2D eigenvalue weighted by atomic mass is 16.4. The van der Waals surface area contributed by atoms with E-state index in [-0.39, 0.29) is 0 Å². The van der Waals surface area contributed by atoms with Crippen LogP contribution in [0.5, 0.6) is 0 Å². The molecule has 0 aromatic carbocycles. The summed E-state index contributed by atoms with van der Waals surface area (Å²) in [4.78, 5) is 22.1. The topological polar surface area (TPSA) is 110 Å². The van der Waals surface area contributed by atoms with Crippen molar-refractivity contribution < 1.29 is 14.7 Å². The number of hydrogen-bond donors (Lipinski definition) is 3. The fraction of sp³-hybridized carbons (Fsp3) is 0.444. The number of amides is 1. The van der Waals surface area contributed by atoms with Gasteiger partial charge in [0.15, 0.2) is 0 Å². The number of carboxylic acid groups (broad SMARTS) is 1. The lowest BCUT2D eigenvalue weighted by molar-refractivity contribution is -0.141. The van der Waals surface area contributed by atoms with Gasteiger partial charge in [0.05, 0.1) is 6.20 Å². The maximum absolute atomic E-state index is 11.5. The van der Waals surface area contributed by atoms with Crippen molar-refractivity contribution in [2.24, 2.45) is 12.8 Å². The van der Waals surface area contributed by atoms with Gasteiger partial charge in [0.25, 0.3) is 0 Å². The minimum atomic E-state index is -1.10. The number of hydrogen-bond acceptors (Lipinski definition) is 4. The van der Waals surface area contributed by atoms with Crippen molar-refractivity contribution in [1.29, 1.82) is 0 Å². The zero-order valence-corrected chi connectivity index (χ0v) is 9.04. The van der Waals surface area contributed by atoms with Gasteiger partial charge in [0, 0.05) is 18.8 Å². The highest BCUT2D eigenvalue weighted by Crippen LogP contribution is 2.08. The Kier molecular flexibility index (Phi) is 3.62. The van der Waals surface area contributed by atoms with Gasteiger partial charge in [-0.2, -0.15) is 5.10 Å². The van der Waals surface area contributed by atoms with E-state index in [9.17, 15) is 9.59 Å². The third-order valence-corrected chi connectivity index (χ3v) is 2.10. The fourth-order valence-electron chi connectivity index (χ4n) is 1.12. The Hall–Kier alpha value is -1.89. The van der Waals surface area contributed by atoms with Gasteiger partial charge in [-0.15, -0.1) is 0 Å². The monoisotopic (exact) mass is 226 g/mol. The van der Waals surface area contributed by atoms with Gasteiger partial charge < -0.3 is 16.2 Å². The van der Waals surface area contributed by atoms with Crippen LogP contribution in [0, 0.1) is 0 Å².